The lowest BCUT2D eigenvalue weighted by Crippen LogP contribution is -2.03. The Hall–Kier alpha value is -4.31. The van der Waals surface area contributed by atoms with Crippen LogP contribution in [0.25, 0.3) is 12.2 Å². The van der Waals surface area contributed by atoms with Crippen LogP contribution in [0.15, 0.2) is 118 Å². The molecule has 0 unspecified atom stereocenters. The molecule has 0 heterocycles. The lowest BCUT2D eigenvalue weighted by Gasteiger charge is -2.07. The maximum atomic E-state index is 5.20. The van der Waals surface area contributed by atoms with Gasteiger partial charge in [-0.25, -0.2) is 0 Å². The van der Waals surface area contributed by atoms with E-state index in [1.807, 2.05) is 97.9 Å². The summed E-state index contributed by atoms with van der Waals surface area (Å²) < 4.78 is 5.20. The average Bonchev–Trinajstić information content (AvgIpc) is 2.91. The fraction of sp³-hybridized carbons (Fsp3) is 0.100. The first-order valence-corrected chi connectivity index (χ1v) is 11.3. The van der Waals surface area contributed by atoms with E-state index in [4.69, 9.17) is 4.74 Å². The summed E-state index contributed by atoms with van der Waals surface area (Å²) in [5.41, 5.74) is 7.00. The van der Waals surface area contributed by atoms with Gasteiger partial charge in [0.15, 0.2) is 0 Å². The topological polar surface area (TPSA) is 46.3 Å². The van der Waals surface area contributed by atoms with Gasteiger partial charge in [-0.2, -0.15) is 10.2 Å². The van der Waals surface area contributed by atoms with Gasteiger partial charge >= 0.3 is 0 Å². The van der Waals surface area contributed by atoms with Crippen molar-refractivity contribution in [1.82, 2.24) is 0 Å². The molecule has 4 heteroatoms. The molecular weight excluding hydrogens is 418 g/mol. The van der Waals surface area contributed by atoms with Crippen molar-refractivity contribution in [3.05, 3.63) is 125 Å². The van der Waals surface area contributed by atoms with Crippen LogP contribution in [0, 0.1) is 0 Å². The van der Waals surface area contributed by atoms with E-state index < -0.39 is 0 Å². The highest BCUT2D eigenvalue weighted by molar-refractivity contribution is 6.13. The Labute approximate surface area is 201 Å². The Morgan fingerprint density at radius 3 is 1.68 bits per heavy atom. The highest BCUT2D eigenvalue weighted by Crippen LogP contribution is 2.21. The van der Waals surface area contributed by atoms with Gasteiger partial charge in [0.05, 0.1) is 24.2 Å². The molecule has 0 fully saturated rings. The summed E-state index contributed by atoms with van der Waals surface area (Å²) in [6.45, 7) is 2.78. The van der Waals surface area contributed by atoms with E-state index in [0.29, 0.717) is 0 Å². The number of nitrogens with zero attached hydrogens (tertiary/aromatic N) is 3. The Bertz CT molecular complexity index is 1270. The molecule has 0 saturated carbocycles. The van der Waals surface area contributed by atoms with Crippen molar-refractivity contribution in [2.45, 2.75) is 6.92 Å². The van der Waals surface area contributed by atoms with Gasteiger partial charge in [0, 0.05) is 17.7 Å². The van der Waals surface area contributed by atoms with Gasteiger partial charge in [0.1, 0.15) is 5.75 Å². The summed E-state index contributed by atoms with van der Waals surface area (Å²) in [4.78, 5) is 4.69. The lowest BCUT2D eigenvalue weighted by atomic mass is 10.0. The zero-order valence-electron chi connectivity index (χ0n) is 19.4. The van der Waals surface area contributed by atoms with E-state index >= 15 is 0 Å². The van der Waals surface area contributed by atoms with Crippen LogP contribution in [0.4, 0.5) is 11.4 Å². The number of benzene rings is 4. The summed E-state index contributed by atoms with van der Waals surface area (Å²) in [6, 6.07) is 34.2. The van der Waals surface area contributed by atoms with Crippen LogP contribution < -0.4 is 4.74 Å². The van der Waals surface area contributed by atoms with Crippen LogP contribution in [0.2, 0.25) is 0 Å². The maximum absolute atomic E-state index is 5.20. The van der Waals surface area contributed by atoms with Crippen LogP contribution in [0.1, 0.15) is 29.2 Å². The predicted octanol–water partition coefficient (Wildman–Crippen LogP) is 8.14. The molecule has 0 bridgehead atoms. The van der Waals surface area contributed by atoms with E-state index in [0.717, 1.165) is 51.6 Å². The average molecular weight is 446 g/mol. The molecule has 0 atom stereocenters. The van der Waals surface area contributed by atoms with Gasteiger partial charge in [0.2, 0.25) is 0 Å². The molecule has 34 heavy (non-hydrogen) atoms. The Morgan fingerprint density at radius 1 is 0.647 bits per heavy atom. The third-order valence-corrected chi connectivity index (χ3v) is 5.26. The number of azo groups is 1. The predicted molar refractivity (Wildman–Crippen MR) is 142 cm³/mol. The molecule has 0 spiro atoms. The molecule has 0 aromatic heterocycles. The highest BCUT2D eigenvalue weighted by atomic mass is 16.5. The molecule has 4 aromatic carbocycles. The lowest BCUT2D eigenvalue weighted by molar-refractivity contribution is 0.415. The van der Waals surface area contributed by atoms with Gasteiger partial charge in [-0.1, -0.05) is 78.9 Å². The minimum Gasteiger partial charge on any atom is -0.497 e. The third kappa shape index (κ3) is 6.14. The molecular formula is C30H27N3O. The Kier molecular flexibility index (Phi) is 7.75. The van der Waals surface area contributed by atoms with Crippen LogP contribution in [0.5, 0.6) is 5.75 Å². The number of hydrogen-bond acceptors (Lipinski definition) is 4. The molecule has 4 aromatic rings. The molecule has 0 saturated heterocycles. The van der Waals surface area contributed by atoms with E-state index in [-0.39, 0.29) is 0 Å². The second-order valence-electron chi connectivity index (χ2n) is 7.63. The van der Waals surface area contributed by atoms with Gasteiger partial charge in [-0.3, -0.25) is 4.99 Å². The molecule has 0 radical (unpaired) electrons. The second-order valence-corrected chi connectivity index (χ2v) is 7.63. The number of methoxy groups -OCH3 is 1. The third-order valence-electron chi connectivity index (χ3n) is 5.26. The smallest absolute Gasteiger partial charge is 0.118 e. The number of aliphatic imine (C=N–C) groups is 1. The first kappa shape index (κ1) is 22.9. The number of rotatable bonds is 8. The molecule has 4 nitrogen and oxygen atoms in total. The fourth-order valence-corrected chi connectivity index (χ4v) is 3.46. The van der Waals surface area contributed by atoms with Crippen LogP contribution in [-0.2, 0) is 0 Å². The van der Waals surface area contributed by atoms with Gasteiger partial charge < -0.3 is 4.74 Å². The molecule has 0 aliphatic heterocycles. The van der Waals surface area contributed by atoms with E-state index in [2.05, 4.69) is 39.5 Å². The maximum Gasteiger partial charge on any atom is 0.118 e. The fourth-order valence-electron chi connectivity index (χ4n) is 3.46. The number of ether oxygens (including phenoxy) is 1. The molecule has 0 aliphatic carbocycles. The monoisotopic (exact) mass is 445 g/mol. The number of hydrogen-bond donors (Lipinski definition) is 0. The van der Waals surface area contributed by atoms with Crippen LogP contribution >= 0.6 is 0 Å². The summed E-state index contributed by atoms with van der Waals surface area (Å²) in [5, 5.41) is 8.77. The van der Waals surface area contributed by atoms with Crippen molar-refractivity contribution in [1.29, 1.82) is 0 Å². The van der Waals surface area contributed by atoms with Crippen molar-refractivity contribution < 1.29 is 4.74 Å². The Balaban J connectivity index is 1.41. The first-order chi connectivity index (χ1) is 16.7. The van der Waals surface area contributed by atoms with Gasteiger partial charge in [-0.15, -0.1) is 0 Å². The molecule has 4 rings (SSSR count). The summed E-state index contributed by atoms with van der Waals surface area (Å²) >= 11 is 0. The standard InChI is InChI=1S/C30H27N3O/c1-3-31-30(25-7-5-4-6-8-25)26-15-19-28(20-16-26)33-32-27-17-11-23(12-18-27)9-10-24-13-21-29(34-2)22-14-24/h4-22H,3H2,1-2H3/b10-9+,31-30?,33-32?. The summed E-state index contributed by atoms with van der Waals surface area (Å²) in [6.07, 6.45) is 4.15. The first-order valence-electron chi connectivity index (χ1n) is 11.3. The van der Waals surface area contributed by atoms with Gasteiger partial charge in [0.25, 0.3) is 0 Å². The van der Waals surface area contributed by atoms with Crippen molar-refractivity contribution in [3.63, 3.8) is 0 Å². The van der Waals surface area contributed by atoms with Crippen LogP contribution in [0.3, 0.4) is 0 Å². The SMILES string of the molecule is CCN=C(c1ccccc1)c1ccc(N=Nc2ccc(/C=C/c3ccc(OC)cc3)cc2)cc1. The second kappa shape index (κ2) is 11.5. The summed E-state index contributed by atoms with van der Waals surface area (Å²) in [5.74, 6) is 0.854. The van der Waals surface area contributed by atoms with Crippen molar-refractivity contribution in [2.75, 3.05) is 13.7 Å². The van der Waals surface area contributed by atoms with Crippen molar-refractivity contribution in [2.24, 2.45) is 15.2 Å². The van der Waals surface area contributed by atoms with Crippen molar-refractivity contribution in [3.8, 4) is 5.75 Å². The van der Waals surface area contributed by atoms with Crippen LogP contribution in [-0.4, -0.2) is 19.4 Å². The minimum atomic E-state index is 0.733. The quantitative estimate of drug-likeness (QED) is 0.153. The molecule has 0 N–H and O–H groups in total. The van der Waals surface area contributed by atoms with Crippen molar-refractivity contribution >= 4 is 29.2 Å². The Morgan fingerprint density at radius 2 is 1.15 bits per heavy atom. The van der Waals surface area contributed by atoms with E-state index in [1.165, 1.54) is 0 Å². The summed E-state index contributed by atoms with van der Waals surface area (Å²) in [7, 11) is 1.67. The molecule has 0 aliphatic rings. The normalized spacial score (nSPS) is 11.9. The minimum absolute atomic E-state index is 0.733. The molecule has 0 amide bonds. The van der Waals surface area contributed by atoms with E-state index in [9.17, 15) is 0 Å². The zero-order chi connectivity index (χ0) is 23.6. The highest BCUT2D eigenvalue weighted by Gasteiger charge is 2.06. The largest absolute Gasteiger partial charge is 0.497 e. The van der Waals surface area contributed by atoms with E-state index in [1.54, 1.807) is 7.11 Å². The zero-order valence-corrected chi connectivity index (χ0v) is 19.4. The van der Waals surface area contributed by atoms with Gasteiger partial charge in [-0.05, 0) is 54.4 Å². The molecule has 168 valence electrons.